The van der Waals surface area contributed by atoms with Crippen LogP contribution in [0.5, 0.6) is 0 Å². The number of halogens is 2. The van der Waals surface area contributed by atoms with E-state index >= 15 is 0 Å². The molecule has 1 aliphatic carbocycles. The summed E-state index contributed by atoms with van der Waals surface area (Å²) in [5.74, 6) is 0.412. The van der Waals surface area contributed by atoms with Crippen LogP contribution >= 0.6 is 24.0 Å². The van der Waals surface area contributed by atoms with E-state index < -0.39 is 20.6 Å². The third-order valence-corrected chi connectivity index (χ3v) is 10.0. The molecule has 7 nitrogen and oxygen atoms in total. The number of carbonyl (C=O) groups excluding carboxylic acids is 1. The fourth-order valence-electron chi connectivity index (χ4n) is 5.18. The van der Waals surface area contributed by atoms with E-state index in [1.807, 2.05) is 37.4 Å². The van der Waals surface area contributed by atoms with E-state index in [1.54, 1.807) is 6.92 Å². The average Bonchev–Trinajstić information content (AvgIpc) is 3.61. The van der Waals surface area contributed by atoms with Crippen molar-refractivity contribution in [2.24, 2.45) is 0 Å². The van der Waals surface area contributed by atoms with Crippen LogP contribution in [0.25, 0.3) is 11.1 Å². The van der Waals surface area contributed by atoms with Gasteiger partial charge in [-0.15, -0.1) is 12.4 Å². The molecule has 10 heteroatoms. The topological polar surface area (TPSA) is 103 Å². The number of rotatable bonds is 4. The molecule has 0 bridgehead atoms. The van der Waals surface area contributed by atoms with Crippen LogP contribution < -0.4 is 5.32 Å². The van der Waals surface area contributed by atoms with E-state index in [0.717, 1.165) is 22.4 Å². The normalized spacial score (nSPS) is 28.3. The maximum atomic E-state index is 13.3. The zero-order valence-electron chi connectivity index (χ0n) is 19.8. The monoisotopic (exact) mass is 536 g/mol. The summed E-state index contributed by atoms with van der Waals surface area (Å²) in [4.78, 5) is 19.3. The summed E-state index contributed by atoms with van der Waals surface area (Å²) in [5.41, 5.74) is 2.75. The first-order valence-electron chi connectivity index (χ1n) is 11.7. The Morgan fingerprint density at radius 2 is 1.94 bits per heavy atom. The zero-order valence-corrected chi connectivity index (χ0v) is 22.1. The van der Waals surface area contributed by atoms with Gasteiger partial charge in [-0.3, -0.25) is 20.1 Å². The van der Waals surface area contributed by atoms with Crippen LogP contribution in [0.1, 0.15) is 63.1 Å². The van der Waals surface area contributed by atoms with E-state index in [2.05, 4.69) is 16.4 Å². The molecule has 1 aromatic carbocycles. The van der Waals surface area contributed by atoms with Crippen LogP contribution in [-0.2, 0) is 20.2 Å². The number of benzene rings is 1. The smallest absolute Gasteiger partial charge is 0.232 e. The van der Waals surface area contributed by atoms with Crippen molar-refractivity contribution >= 4 is 45.7 Å². The number of hydrogen-bond acceptors (Lipinski definition) is 5. The number of aromatic nitrogens is 1. The quantitative estimate of drug-likeness (QED) is 0.592. The molecule has 2 N–H and O–H groups in total. The summed E-state index contributed by atoms with van der Waals surface area (Å²) in [6, 6.07) is 9.53. The Kier molecular flexibility index (Phi) is 6.94. The van der Waals surface area contributed by atoms with Gasteiger partial charge in [0.2, 0.25) is 5.91 Å². The molecular weight excluding hydrogens is 507 g/mol. The lowest BCUT2D eigenvalue weighted by atomic mass is 9.84. The minimum Gasteiger partial charge on any atom is -0.346 e. The van der Waals surface area contributed by atoms with E-state index in [9.17, 15) is 13.2 Å². The van der Waals surface area contributed by atoms with E-state index in [0.29, 0.717) is 23.8 Å². The molecule has 1 amide bonds. The molecule has 1 aromatic heterocycles. The summed E-state index contributed by atoms with van der Waals surface area (Å²) >= 11 is 6.88. The molecule has 3 aliphatic rings. The minimum atomic E-state index is -3.13. The summed E-state index contributed by atoms with van der Waals surface area (Å²) in [6.45, 7) is 3.55. The van der Waals surface area contributed by atoms with Crippen LogP contribution in [0, 0.1) is 5.41 Å². The first kappa shape index (κ1) is 25.9. The Balaban J connectivity index is 0.00000289. The zero-order chi connectivity index (χ0) is 24.3. The van der Waals surface area contributed by atoms with Gasteiger partial charge >= 0.3 is 0 Å². The standard InChI is InChI=1S/C25H29ClN4O3S.ClH/c1-15-12-18(10-11-34(15,32)33)30-22(31)13-25(2,29-24(30)27)20-5-3-4-19(23(20)26)17-8-9-21(28-14-17)16-6-7-16;/h3-5,8-9,14-16,18H,6-7,10-13H2,1-2H3,(H2,27,29);1H/t15-,18-,25-;/m0./s1. The number of nitrogens with one attached hydrogen (secondary N) is 2. The number of amides is 1. The molecule has 3 atom stereocenters. The molecule has 2 saturated heterocycles. The van der Waals surface area contributed by atoms with Gasteiger partial charge in [-0.1, -0.05) is 35.9 Å². The van der Waals surface area contributed by atoms with Crippen molar-refractivity contribution in [3.05, 3.63) is 52.8 Å². The Bertz CT molecular complexity index is 1240. The van der Waals surface area contributed by atoms with Gasteiger partial charge in [-0.2, -0.15) is 0 Å². The molecule has 35 heavy (non-hydrogen) atoms. The Hall–Kier alpha value is -2.16. The molecule has 2 aliphatic heterocycles. The predicted molar refractivity (Wildman–Crippen MR) is 140 cm³/mol. The maximum Gasteiger partial charge on any atom is 0.232 e. The van der Waals surface area contributed by atoms with Gasteiger partial charge in [0.25, 0.3) is 0 Å². The molecule has 2 aromatic rings. The molecule has 3 heterocycles. The van der Waals surface area contributed by atoms with Crippen molar-refractivity contribution in [2.75, 3.05) is 5.75 Å². The third kappa shape index (κ3) is 4.80. The lowest BCUT2D eigenvalue weighted by Crippen LogP contribution is -2.63. The van der Waals surface area contributed by atoms with Crippen LogP contribution in [0.3, 0.4) is 0 Å². The number of guanidine groups is 1. The lowest BCUT2D eigenvalue weighted by Gasteiger charge is -2.45. The fourth-order valence-corrected chi connectivity index (χ4v) is 7.14. The van der Waals surface area contributed by atoms with Gasteiger partial charge in [0.15, 0.2) is 15.8 Å². The molecular formula is C25H30Cl2N4O3S. The highest BCUT2D eigenvalue weighted by atomic mass is 35.5. The Labute approximate surface area is 217 Å². The minimum absolute atomic E-state index is 0. The van der Waals surface area contributed by atoms with Gasteiger partial charge < -0.3 is 5.32 Å². The number of sulfone groups is 1. The SMILES string of the molecule is C[C@H]1C[C@@H](N2C(=N)N[C@](C)(c3cccc(-c4ccc(C5CC5)nc4)c3Cl)CC2=O)CCS1(=O)=O.Cl. The first-order valence-corrected chi connectivity index (χ1v) is 13.8. The first-order chi connectivity index (χ1) is 16.1. The second-order valence-electron chi connectivity index (χ2n) is 10.0. The van der Waals surface area contributed by atoms with Crippen molar-refractivity contribution < 1.29 is 13.2 Å². The Morgan fingerprint density at radius 3 is 2.54 bits per heavy atom. The summed E-state index contributed by atoms with van der Waals surface area (Å²) in [5, 5.41) is 11.9. The van der Waals surface area contributed by atoms with Crippen molar-refractivity contribution in [3.63, 3.8) is 0 Å². The van der Waals surface area contributed by atoms with Crippen molar-refractivity contribution in [1.29, 1.82) is 5.41 Å². The molecule has 1 saturated carbocycles. The van der Waals surface area contributed by atoms with Gasteiger partial charge in [0.05, 0.1) is 28.0 Å². The second-order valence-corrected chi connectivity index (χ2v) is 12.9. The average molecular weight is 538 g/mol. The van der Waals surface area contributed by atoms with Crippen molar-refractivity contribution in [1.82, 2.24) is 15.2 Å². The molecule has 5 rings (SSSR count). The number of pyridine rings is 1. The molecule has 3 fully saturated rings. The van der Waals surface area contributed by atoms with Crippen molar-refractivity contribution in [2.45, 2.75) is 68.7 Å². The number of nitrogens with zero attached hydrogens (tertiary/aromatic N) is 2. The van der Waals surface area contributed by atoms with E-state index in [-0.39, 0.29) is 42.5 Å². The van der Waals surface area contributed by atoms with Crippen LogP contribution in [0.2, 0.25) is 5.02 Å². The predicted octanol–water partition coefficient (Wildman–Crippen LogP) is 4.64. The third-order valence-electron chi connectivity index (χ3n) is 7.41. The molecule has 188 valence electrons. The van der Waals surface area contributed by atoms with Gasteiger partial charge in [0.1, 0.15) is 0 Å². The van der Waals surface area contributed by atoms with E-state index in [4.69, 9.17) is 17.0 Å². The molecule has 0 radical (unpaired) electrons. The molecule has 0 spiro atoms. The fraction of sp³-hybridized carbons (Fsp3) is 0.480. The summed E-state index contributed by atoms with van der Waals surface area (Å²) in [7, 11) is -3.13. The largest absolute Gasteiger partial charge is 0.346 e. The maximum absolute atomic E-state index is 13.3. The van der Waals surface area contributed by atoms with Gasteiger partial charge in [-0.25, -0.2) is 8.42 Å². The summed E-state index contributed by atoms with van der Waals surface area (Å²) in [6.07, 6.45) is 5.05. The van der Waals surface area contributed by atoms with Crippen LogP contribution in [-0.4, -0.2) is 47.2 Å². The van der Waals surface area contributed by atoms with Gasteiger partial charge in [-0.05, 0) is 51.2 Å². The van der Waals surface area contributed by atoms with E-state index in [1.165, 1.54) is 17.7 Å². The highest BCUT2D eigenvalue weighted by molar-refractivity contribution is 7.92. The summed E-state index contributed by atoms with van der Waals surface area (Å²) < 4.78 is 24.2. The van der Waals surface area contributed by atoms with Crippen molar-refractivity contribution in [3.8, 4) is 11.1 Å². The highest BCUT2D eigenvalue weighted by Crippen LogP contribution is 2.42. The lowest BCUT2D eigenvalue weighted by molar-refractivity contribution is -0.132. The highest BCUT2D eigenvalue weighted by Gasteiger charge is 2.45. The number of hydrogen-bond donors (Lipinski definition) is 2. The van der Waals surface area contributed by atoms with Crippen LogP contribution in [0.15, 0.2) is 36.5 Å². The number of carbonyl (C=O) groups is 1. The Morgan fingerprint density at radius 1 is 1.20 bits per heavy atom. The van der Waals surface area contributed by atoms with Gasteiger partial charge in [0, 0.05) is 35.0 Å². The molecule has 0 unspecified atom stereocenters. The second kappa shape index (κ2) is 9.37. The van der Waals surface area contributed by atoms with Crippen LogP contribution in [0.4, 0.5) is 0 Å².